The quantitative estimate of drug-likeness (QED) is 0.620. The van der Waals surface area contributed by atoms with E-state index in [1.165, 1.54) is 17.5 Å². The van der Waals surface area contributed by atoms with E-state index >= 15 is 0 Å². The summed E-state index contributed by atoms with van der Waals surface area (Å²) in [7, 11) is 0. The van der Waals surface area contributed by atoms with Gasteiger partial charge >= 0.3 is 0 Å². The van der Waals surface area contributed by atoms with Crippen molar-refractivity contribution in [2.45, 2.75) is 66.0 Å². The molecule has 0 saturated heterocycles. The molecule has 0 N–H and O–H groups in total. The number of para-hydroxylation sites is 2. The van der Waals surface area contributed by atoms with Crippen LogP contribution in [0.2, 0.25) is 0 Å². The fourth-order valence-corrected chi connectivity index (χ4v) is 3.03. The first-order valence-corrected chi connectivity index (χ1v) is 8.64. The van der Waals surface area contributed by atoms with Crippen LogP contribution in [0.15, 0.2) is 35.9 Å². The average molecular weight is 314 g/mol. The smallest absolute Gasteiger partial charge is 0.107 e. The van der Waals surface area contributed by atoms with Gasteiger partial charge in [0.1, 0.15) is 5.82 Å². The van der Waals surface area contributed by atoms with E-state index in [9.17, 15) is 0 Å². The summed E-state index contributed by atoms with van der Waals surface area (Å²) in [5, 5.41) is 0. The Morgan fingerprint density at radius 2 is 2.04 bits per heavy atom. The van der Waals surface area contributed by atoms with Crippen LogP contribution in [0.3, 0.4) is 0 Å². The number of ether oxygens (including phenoxy) is 1. The number of nitrogens with zero attached hydrogens (tertiary/aromatic N) is 2. The van der Waals surface area contributed by atoms with E-state index in [-0.39, 0.29) is 5.60 Å². The van der Waals surface area contributed by atoms with Gasteiger partial charge in [0.05, 0.1) is 16.6 Å². The summed E-state index contributed by atoms with van der Waals surface area (Å²) in [6, 6.07) is 8.33. The van der Waals surface area contributed by atoms with Gasteiger partial charge in [0.15, 0.2) is 0 Å². The summed E-state index contributed by atoms with van der Waals surface area (Å²) in [6.45, 7) is 12.4. The normalized spacial score (nSPS) is 13.0. The first-order valence-electron chi connectivity index (χ1n) is 8.64. The molecule has 0 aliphatic carbocycles. The van der Waals surface area contributed by atoms with Crippen LogP contribution in [-0.2, 0) is 11.3 Å². The molecule has 0 aliphatic heterocycles. The zero-order chi connectivity index (χ0) is 16.9. The SMILES string of the molecule is CCOC(C)(C)CCCC(C)=CCn1c(C)nc2ccccc21. The monoisotopic (exact) mass is 314 g/mol. The Labute approximate surface area is 140 Å². The number of fused-ring (bicyclic) bond motifs is 1. The van der Waals surface area contributed by atoms with Crippen molar-refractivity contribution in [3.05, 3.63) is 41.7 Å². The summed E-state index contributed by atoms with van der Waals surface area (Å²) in [4.78, 5) is 4.62. The summed E-state index contributed by atoms with van der Waals surface area (Å²) < 4.78 is 8.04. The zero-order valence-electron chi connectivity index (χ0n) is 15.2. The molecule has 1 aromatic carbocycles. The Balaban J connectivity index is 1.93. The Bertz CT molecular complexity index is 667. The summed E-state index contributed by atoms with van der Waals surface area (Å²) in [5.74, 6) is 1.08. The van der Waals surface area contributed by atoms with Gasteiger partial charge in [0.2, 0.25) is 0 Å². The van der Waals surface area contributed by atoms with Crippen molar-refractivity contribution in [1.29, 1.82) is 0 Å². The van der Waals surface area contributed by atoms with E-state index in [1.54, 1.807) is 0 Å². The molecule has 0 bridgehead atoms. The van der Waals surface area contributed by atoms with Gasteiger partial charge in [-0.25, -0.2) is 4.98 Å². The number of aromatic nitrogens is 2. The van der Waals surface area contributed by atoms with Crippen LogP contribution in [0.4, 0.5) is 0 Å². The second-order valence-corrected chi connectivity index (χ2v) is 6.86. The summed E-state index contributed by atoms with van der Waals surface area (Å²) in [6.07, 6.45) is 5.72. The summed E-state index contributed by atoms with van der Waals surface area (Å²) >= 11 is 0. The molecule has 0 atom stereocenters. The van der Waals surface area contributed by atoms with Crippen molar-refractivity contribution >= 4 is 11.0 Å². The molecule has 0 amide bonds. The van der Waals surface area contributed by atoms with Crippen LogP contribution in [-0.4, -0.2) is 21.8 Å². The molecule has 0 saturated carbocycles. The van der Waals surface area contributed by atoms with E-state index < -0.39 is 0 Å². The number of hydrogen-bond donors (Lipinski definition) is 0. The maximum absolute atomic E-state index is 5.76. The maximum atomic E-state index is 5.76. The first kappa shape index (κ1) is 17.7. The van der Waals surface area contributed by atoms with Gasteiger partial charge in [-0.3, -0.25) is 0 Å². The molecular formula is C20H30N2O. The highest BCUT2D eigenvalue weighted by atomic mass is 16.5. The van der Waals surface area contributed by atoms with Gasteiger partial charge in [0, 0.05) is 13.2 Å². The van der Waals surface area contributed by atoms with Gasteiger partial charge in [-0.05, 0) is 66.0 Å². The van der Waals surface area contributed by atoms with Crippen molar-refractivity contribution in [3.63, 3.8) is 0 Å². The average Bonchev–Trinajstić information content (AvgIpc) is 2.80. The molecule has 1 aromatic heterocycles. The third kappa shape index (κ3) is 4.93. The van der Waals surface area contributed by atoms with Crippen molar-refractivity contribution in [2.75, 3.05) is 6.61 Å². The second kappa shape index (κ2) is 7.78. The maximum Gasteiger partial charge on any atom is 0.107 e. The van der Waals surface area contributed by atoms with E-state index in [1.807, 2.05) is 6.07 Å². The molecule has 2 aromatic rings. The van der Waals surface area contributed by atoms with Gasteiger partial charge in [-0.1, -0.05) is 23.8 Å². The number of hydrogen-bond acceptors (Lipinski definition) is 2. The lowest BCUT2D eigenvalue weighted by Gasteiger charge is -2.24. The Kier molecular flexibility index (Phi) is 6.00. The molecule has 23 heavy (non-hydrogen) atoms. The van der Waals surface area contributed by atoms with Crippen molar-refractivity contribution in [1.82, 2.24) is 9.55 Å². The van der Waals surface area contributed by atoms with Crippen LogP contribution in [0.1, 0.15) is 52.8 Å². The lowest BCUT2D eigenvalue weighted by Crippen LogP contribution is -2.24. The highest BCUT2D eigenvalue weighted by Gasteiger charge is 2.16. The molecule has 0 spiro atoms. The predicted molar refractivity (Wildman–Crippen MR) is 97.8 cm³/mol. The highest BCUT2D eigenvalue weighted by Crippen LogP contribution is 2.20. The molecule has 0 unspecified atom stereocenters. The first-order chi connectivity index (χ1) is 10.9. The topological polar surface area (TPSA) is 27.1 Å². The Morgan fingerprint density at radius 1 is 1.30 bits per heavy atom. The van der Waals surface area contributed by atoms with E-state index in [0.29, 0.717) is 0 Å². The molecule has 0 fully saturated rings. The Morgan fingerprint density at radius 3 is 2.78 bits per heavy atom. The number of aryl methyl sites for hydroxylation is 1. The standard InChI is InChI=1S/C20H30N2O/c1-6-23-20(4,5)14-9-10-16(2)13-15-22-17(3)21-18-11-7-8-12-19(18)22/h7-8,11-13H,6,9-10,14-15H2,1-5H3. The van der Waals surface area contributed by atoms with Crippen molar-refractivity contribution in [2.24, 2.45) is 0 Å². The minimum Gasteiger partial charge on any atom is -0.376 e. The van der Waals surface area contributed by atoms with Gasteiger partial charge in [-0.2, -0.15) is 0 Å². The summed E-state index contributed by atoms with van der Waals surface area (Å²) in [5.41, 5.74) is 3.72. The Hall–Kier alpha value is -1.61. The molecule has 0 aliphatic rings. The van der Waals surface area contributed by atoms with Crippen molar-refractivity contribution in [3.8, 4) is 0 Å². The van der Waals surface area contributed by atoms with Crippen molar-refractivity contribution < 1.29 is 4.74 Å². The molecule has 126 valence electrons. The van der Waals surface area contributed by atoms with Crippen LogP contribution in [0, 0.1) is 6.92 Å². The van der Waals surface area contributed by atoms with Gasteiger partial charge < -0.3 is 9.30 Å². The fraction of sp³-hybridized carbons (Fsp3) is 0.550. The largest absolute Gasteiger partial charge is 0.376 e. The van der Waals surface area contributed by atoms with Gasteiger partial charge in [-0.15, -0.1) is 0 Å². The number of benzene rings is 1. The van der Waals surface area contributed by atoms with Crippen LogP contribution in [0.5, 0.6) is 0 Å². The minimum atomic E-state index is -0.00777. The molecule has 0 radical (unpaired) electrons. The lowest BCUT2D eigenvalue weighted by atomic mass is 9.99. The number of rotatable bonds is 8. The number of allylic oxidation sites excluding steroid dienone is 2. The fourth-order valence-electron chi connectivity index (χ4n) is 3.03. The molecule has 3 nitrogen and oxygen atoms in total. The zero-order valence-corrected chi connectivity index (χ0v) is 15.2. The molecule has 1 heterocycles. The van der Waals surface area contributed by atoms with E-state index in [4.69, 9.17) is 4.74 Å². The highest BCUT2D eigenvalue weighted by molar-refractivity contribution is 5.75. The molecule has 3 heteroatoms. The van der Waals surface area contributed by atoms with Crippen LogP contribution in [0.25, 0.3) is 11.0 Å². The minimum absolute atomic E-state index is 0.00777. The third-order valence-corrected chi connectivity index (χ3v) is 4.35. The van der Waals surface area contributed by atoms with Crippen LogP contribution >= 0.6 is 0 Å². The van der Waals surface area contributed by atoms with Gasteiger partial charge in [0.25, 0.3) is 0 Å². The lowest BCUT2D eigenvalue weighted by molar-refractivity contribution is -0.0173. The number of imidazole rings is 1. The van der Waals surface area contributed by atoms with Crippen LogP contribution < -0.4 is 0 Å². The molecular weight excluding hydrogens is 284 g/mol. The molecule has 2 rings (SSSR count). The predicted octanol–water partition coefficient (Wildman–Crippen LogP) is 5.28. The van der Waals surface area contributed by atoms with E-state index in [2.05, 4.69) is 68.4 Å². The van der Waals surface area contributed by atoms with E-state index in [0.717, 1.165) is 37.3 Å². The third-order valence-electron chi connectivity index (χ3n) is 4.35. The second-order valence-electron chi connectivity index (χ2n) is 6.86.